The molecule has 112 valence electrons. The van der Waals surface area contributed by atoms with Crippen LogP contribution in [0.5, 0.6) is 0 Å². The number of hydrogen-bond acceptors (Lipinski definition) is 4. The predicted octanol–water partition coefficient (Wildman–Crippen LogP) is 2.15. The second-order valence-electron chi connectivity index (χ2n) is 6.15. The van der Waals surface area contributed by atoms with Crippen LogP contribution in [0.2, 0.25) is 0 Å². The number of rotatable bonds is 6. The van der Waals surface area contributed by atoms with E-state index < -0.39 is 0 Å². The van der Waals surface area contributed by atoms with Crippen LogP contribution in [-0.4, -0.2) is 48.9 Å². The van der Waals surface area contributed by atoms with E-state index in [1.807, 2.05) is 6.07 Å². The third-order valence-electron chi connectivity index (χ3n) is 3.54. The van der Waals surface area contributed by atoms with Crippen molar-refractivity contribution in [2.24, 2.45) is 5.92 Å². The van der Waals surface area contributed by atoms with E-state index in [-0.39, 0.29) is 18.1 Å². The molecule has 0 radical (unpaired) electrons. The summed E-state index contributed by atoms with van der Waals surface area (Å²) in [7, 11) is 4.14. The van der Waals surface area contributed by atoms with E-state index in [0.717, 1.165) is 13.0 Å². The van der Waals surface area contributed by atoms with Crippen molar-refractivity contribution in [1.29, 1.82) is 0 Å². The highest BCUT2D eigenvalue weighted by Crippen LogP contribution is 2.30. The summed E-state index contributed by atoms with van der Waals surface area (Å²) in [6.45, 7) is 5.80. The van der Waals surface area contributed by atoms with E-state index in [4.69, 9.17) is 0 Å². The largest absolute Gasteiger partial charge is 0.317 e. The van der Waals surface area contributed by atoms with Gasteiger partial charge in [-0.3, -0.25) is 10.1 Å². The van der Waals surface area contributed by atoms with Gasteiger partial charge in [-0.1, -0.05) is 19.9 Å². The Hall–Kier alpha value is -0.910. The lowest BCUT2D eigenvalue weighted by molar-refractivity contribution is -0.131. The standard InChI is InChI=1S/C15H25N3OS/c1-11(2)8-12(10-17(3)4)18-14(19)9-16-15(18)13-6-5-7-20-13/h5-7,11-12,15-16H,8-10H2,1-4H3. The average molecular weight is 295 g/mol. The number of carbonyl (C=O) groups excluding carboxylic acids is 1. The molecule has 0 bridgehead atoms. The molecule has 0 spiro atoms. The first-order valence-corrected chi connectivity index (χ1v) is 8.09. The van der Waals surface area contributed by atoms with Crippen LogP contribution < -0.4 is 5.32 Å². The highest BCUT2D eigenvalue weighted by molar-refractivity contribution is 7.10. The quantitative estimate of drug-likeness (QED) is 0.873. The van der Waals surface area contributed by atoms with E-state index >= 15 is 0 Å². The molecule has 0 aromatic carbocycles. The lowest BCUT2D eigenvalue weighted by Gasteiger charge is -2.35. The Bertz CT molecular complexity index is 420. The minimum absolute atomic E-state index is 0.0474. The van der Waals surface area contributed by atoms with Crippen LogP contribution in [0.4, 0.5) is 0 Å². The lowest BCUT2D eigenvalue weighted by Crippen LogP contribution is -2.45. The van der Waals surface area contributed by atoms with Gasteiger partial charge in [-0.2, -0.15) is 0 Å². The lowest BCUT2D eigenvalue weighted by atomic mass is 10.0. The van der Waals surface area contributed by atoms with Crippen LogP contribution in [0.15, 0.2) is 17.5 Å². The van der Waals surface area contributed by atoms with Crippen LogP contribution in [0.1, 0.15) is 31.3 Å². The topological polar surface area (TPSA) is 35.6 Å². The Balaban J connectivity index is 2.20. The van der Waals surface area contributed by atoms with Crippen molar-refractivity contribution in [1.82, 2.24) is 15.1 Å². The number of nitrogens with zero attached hydrogens (tertiary/aromatic N) is 2. The summed E-state index contributed by atoms with van der Waals surface area (Å²) in [5.41, 5.74) is 0. The van der Waals surface area contributed by atoms with Crippen molar-refractivity contribution >= 4 is 17.2 Å². The summed E-state index contributed by atoms with van der Waals surface area (Å²) in [5.74, 6) is 0.799. The van der Waals surface area contributed by atoms with Crippen LogP contribution >= 0.6 is 11.3 Å². The van der Waals surface area contributed by atoms with E-state index in [2.05, 4.69) is 54.5 Å². The van der Waals surface area contributed by atoms with Gasteiger partial charge in [0.15, 0.2) is 0 Å². The summed E-state index contributed by atoms with van der Waals surface area (Å²) in [4.78, 5) is 17.8. The van der Waals surface area contributed by atoms with Gasteiger partial charge < -0.3 is 9.80 Å². The molecule has 0 aliphatic carbocycles. The van der Waals surface area contributed by atoms with Crippen molar-refractivity contribution in [2.45, 2.75) is 32.5 Å². The molecular weight excluding hydrogens is 270 g/mol. The molecule has 4 nitrogen and oxygen atoms in total. The second kappa shape index (κ2) is 6.70. The van der Waals surface area contributed by atoms with Crippen LogP contribution in [-0.2, 0) is 4.79 Å². The van der Waals surface area contributed by atoms with Gasteiger partial charge in [0.05, 0.1) is 6.54 Å². The fourth-order valence-electron chi connectivity index (χ4n) is 2.86. The summed E-state index contributed by atoms with van der Waals surface area (Å²) < 4.78 is 0. The highest BCUT2D eigenvalue weighted by atomic mass is 32.1. The maximum atomic E-state index is 12.3. The molecule has 2 rings (SSSR count). The molecule has 0 saturated carbocycles. The van der Waals surface area contributed by atoms with Gasteiger partial charge in [0.25, 0.3) is 0 Å². The number of nitrogens with one attached hydrogen (secondary N) is 1. The van der Waals surface area contributed by atoms with Crippen molar-refractivity contribution in [2.75, 3.05) is 27.2 Å². The van der Waals surface area contributed by atoms with Crippen LogP contribution in [0.3, 0.4) is 0 Å². The molecule has 1 fully saturated rings. The minimum atomic E-state index is 0.0474. The first-order chi connectivity index (χ1) is 9.49. The van der Waals surface area contributed by atoms with Gasteiger partial charge in [-0.15, -0.1) is 11.3 Å². The normalized spacial score (nSPS) is 21.2. The zero-order valence-electron chi connectivity index (χ0n) is 12.8. The molecule has 1 amide bonds. The molecule has 1 aromatic rings. The van der Waals surface area contributed by atoms with Crippen molar-refractivity contribution in [3.63, 3.8) is 0 Å². The number of thiophene rings is 1. The number of carbonyl (C=O) groups is 1. The molecule has 1 saturated heterocycles. The molecule has 5 heteroatoms. The Morgan fingerprint density at radius 1 is 1.50 bits per heavy atom. The third kappa shape index (κ3) is 3.59. The van der Waals surface area contributed by atoms with Crippen molar-refractivity contribution < 1.29 is 4.79 Å². The van der Waals surface area contributed by atoms with Gasteiger partial charge in [-0.25, -0.2) is 0 Å². The molecule has 2 unspecified atom stereocenters. The SMILES string of the molecule is CC(C)CC(CN(C)C)N1C(=O)CNC1c1cccs1. The van der Waals surface area contributed by atoms with Crippen molar-refractivity contribution in [3.05, 3.63) is 22.4 Å². The number of likely N-dealkylation sites (N-methyl/N-ethyl adjacent to an activating group) is 1. The summed E-state index contributed by atoms with van der Waals surface area (Å²) in [5, 5.41) is 5.42. The fourth-order valence-corrected chi connectivity index (χ4v) is 3.66. The first kappa shape index (κ1) is 15.5. The van der Waals surface area contributed by atoms with Crippen LogP contribution in [0, 0.1) is 5.92 Å². The molecule has 2 atom stereocenters. The third-order valence-corrected chi connectivity index (χ3v) is 4.46. The van der Waals surface area contributed by atoms with Crippen LogP contribution in [0.25, 0.3) is 0 Å². The average Bonchev–Trinajstić information content (AvgIpc) is 2.95. The smallest absolute Gasteiger partial charge is 0.238 e. The molecule has 1 aliphatic heterocycles. The molecule has 1 N–H and O–H groups in total. The fraction of sp³-hybridized carbons (Fsp3) is 0.667. The zero-order chi connectivity index (χ0) is 14.7. The zero-order valence-corrected chi connectivity index (χ0v) is 13.6. The number of hydrogen-bond donors (Lipinski definition) is 1. The minimum Gasteiger partial charge on any atom is -0.317 e. The van der Waals surface area contributed by atoms with Crippen molar-refractivity contribution in [3.8, 4) is 0 Å². The van der Waals surface area contributed by atoms with Gasteiger partial charge in [0.1, 0.15) is 6.17 Å². The summed E-state index contributed by atoms with van der Waals surface area (Å²) >= 11 is 1.71. The maximum absolute atomic E-state index is 12.3. The van der Waals surface area contributed by atoms with E-state index in [1.165, 1.54) is 4.88 Å². The van der Waals surface area contributed by atoms with E-state index in [9.17, 15) is 4.79 Å². The molecular formula is C15H25N3OS. The monoisotopic (exact) mass is 295 g/mol. The predicted molar refractivity (Wildman–Crippen MR) is 83.7 cm³/mol. The molecule has 1 aliphatic rings. The second-order valence-corrected chi connectivity index (χ2v) is 7.12. The number of amides is 1. The first-order valence-electron chi connectivity index (χ1n) is 7.21. The van der Waals surface area contributed by atoms with Gasteiger partial charge >= 0.3 is 0 Å². The van der Waals surface area contributed by atoms with E-state index in [1.54, 1.807) is 11.3 Å². The Morgan fingerprint density at radius 2 is 2.25 bits per heavy atom. The molecule has 1 aromatic heterocycles. The van der Waals surface area contributed by atoms with Gasteiger partial charge in [-0.05, 0) is 37.9 Å². The van der Waals surface area contributed by atoms with E-state index in [0.29, 0.717) is 12.5 Å². The maximum Gasteiger partial charge on any atom is 0.238 e. The molecule has 2 heterocycles. The molecule has 20 heavy (non-hydrogen) atoms. The Kier molecular flexibility index (Phi) is 5.18. The summed E-state index contributed by atoms with van der Waals surface area (Å²) in [6, 6.07) is 4.42. The highest BCUT2D eigenvalue weighted by Gasteiger charge is 2.37. The Morgan fingerprint density at radius 3 is 2.80 bits per heavy atom. The summed E-state index contributed by atoms with van der Waals surface area (Å²) in [6.07, 6.45) is 1.08. The van der Waals surface area contributed by atoms with Gasteiger partial charge in [0.2, 0.25) is 5.91 Å². The Labute approximate surface area is 125 Å². The van der Waals surface area contributed by atoms with Gasteiger partial charge in [0, 0.05) is 17.5 Å².